The minimum Gasteiger partial charge on any atom is -0.463 e. The Morgan fingerprint density at radius 2 is 1.88 bits per heavy atom. The fraction of sp³-hybridized carbons (Fsp3) is 0.231. The third-order valence-corrected chi connectivity index (χ3v) is 1.90. The van der Waals surface area contributed by atoms with Crippen LogP contribution in [0.3, 0.4) is 0 Å². The molecule has 0 bridgehead atoms. The van der Waals surface area contributed by atoms with Gasteiger partial charge >= 0.3 is 11.9 Å². The SMILES string of the molecule is CCOC(=O)/C=C(\C)C(=O)Oc1ccccc1. The summed E-state index contributed by atoms with van der Waals surface area (Å²) in [6.45, 7) is 3.47. The molecular formula is C13H14O4. The summed E-state index contributed by atoms with van der Waals surface area (Å²) in [5.41, 5.74) is 0.201. The predicted molar refractivity (Wildman–Crippen MR) is 62.5 cm³/mol. The molecule has 4 nitrogen and oxygen atoms in total. The predicted octanol–water partition coefficient (Wildman–Crippen LogP) is 2.10. The summed E-state index contributed by atoms with van der Waals surface area (Å²) in [7, 11) is 0. The first kappa shape index (κ1) is 13.0. The lowest BCUT2D eigenvalue weighted by molar-refractivity contribution is -0.138. The highest BCUT2D eigenvalue weighted by Crippen LogP contribution is 2.10. The Labute approximate surface area is 99.8 Å². The van der Waals surface area contributed by atoms with Crippen LogP contribution < -0.4 is 4.74 Å². The standard InChI is InChI=1S/C13H14O4/c1-3-16-12(14)9-10(2)13(15)17-11-7-5-4-6-8-11/h4-9H,3H2,1-2H3/b10-9+. The van der Waals surface area contributed by atoms with Crippen LogP contribution in [0.2, 0.25) is 0 Å². The Hall–Kier alpha value is -2.10. The van der Waals surface area contributed by atoms with Crippen molar-refractivity contribution in [2.45, 2.75) is 13.8 Å². The molecule has 0 amide bonds. The first-order valence-electron chi connectivity index (χ1n) is 5.25. The van der Waals surface area contributed by atoms with Gasteiger partial charge in [-0.25, -0.2) is 9.59 Å². The average molecular weight is 234 g/mol. The molecule has 0 fully saturated rings. The van der Waals surface area contributed by atoms with Gasteiger partial charge in [0.1, 0.15) is 5.75 Å². The Kier molecular flexibility index (Phi) is 4.94. The van der Waals surface area contributed by atoms with Gasteiger partial charge in [-0.2, -0.15) is 0 Å². The summed E-state index contributed by atoms with van der Waals surface area (Å²) in [5, 5.41) is 0. The van der Waals surface area contributed by atoms with E-state index in [1.807, 2.05) is 6.07 Å². The fourth-order valence-electron chi connectivity index (χ4n) is 1.10. The monoisotopic (exact) mass is 234 g/mol. The number of carbonyl (C=O) groups excluding carboxylic acids is 2. The normalized spacial score (nSPS) is 10.8. The van der Waals surface area contributed by atoms with Crippen molar-refractivity contribution in [2.75, 3.05) is 6.61 Å². The van der Waals surface area contributed by atoms with Crippen LogP contribution in [0.4, 0.5) is 0 Å². The molecule has 0 atom stereocenters. The molecule has 17 heavy (non-hydrogen) atoms. The third kappa shape index (κ3) is 4.51. The van der Waals surface area contributed by atoms with E-state index in [1.54, 1.807) is 31.2 Å². The Morgan fingerprint density at radius 3 is 2.47 bits per heavy atom. The summed E-state index contributed by atoms with van der Waals surface area (Å²) in [6, 6.07) is 8.66. The smallest absolute Gasteiger partial charge is 0.339 e. The largest absolute Gasteiger partial charge is 0.463 e. The van der Waals surface area contributed by atoms with Gasteiger partial charge in [-0.05, 0) is 26.0 Å². The first-order valence-corrected chi connectivity index (χ1v) is 5.25. The Morgan fingerprint density at radius 1 is 1.24 bits per heavy atom. The second kappa shape index (κ2) is 6.48. The molecule has 0 N–H and O–H groups in total. The van der Waals surface area contributed by atoms with Gasteiger partial charge in [0.25, 0.3) is 0 Å². The number of carbonyl (C=O) groups is 2. The molecule has 4 heteroatoms. The van der Waals surface area contributed by atoms with Gasteiger partial charge in [-0.3, -0.25) is 0 Å². The van der Waals surface area contributed by atoms with Gasteiger partial charge in [0, 0.05) is 11.6 Å². The Balaban J connectivity index is 2.62. The van der Waals surface area contributed by atoms with Crippen molar-refractivity contribution >= 4 is 11.9 Å². The second-order valence-corrected chi connectivity index (χ2v) is 3.28. The van der Waals surface area contributed by atoms with Crippen LogP contribution in [-0.2, 0) is 14.3 Å². The van der Waals surface area contributed by atoms with E-state index < -0.39 is 11.9 Å². The molecule has 0 aliphatic heterocycles. The van der Waals surface area contributed by atoms with Gasteiger partial charge in [0.15, 0.2) is 0 Å². The fourth-order valence-corrected chi connectivity index (χ4v) is 1.10. The van der Waals surface area contributed by atoms with Gasteiger partial charge in [0.2, 0.25) is 0 Å². The van der Waals surface area contributed by atoms with Crippen molar-refractivity contribution in [3.8, 4) is 5.75 Å². The molecule has 0 saturated heterocycles. The molecule has 0 heterocycles. The lowest BCUT2D eigenvalue weighted by atomic mass is 10.3. The summed E-state index contributed by atoms with van der Waals surface area (Å²) >= 11 is 0. The van der Waals surface area contributed by atoms with Crippen LogP contribution in [0, 0.1) is 0 Å². The van der Waals surface area contributed by atoms with E-state index in [0.717, 1.165) is 6.08 Å². The molecule has 0 aliphatic carbocycles. The second-order valence-electron chi connectivity index (χ2n) is 3.28. The molecule has 90 valence electrons. The van der Waals surface area contributed by atoms with Gasteiger partial charge < -0.3 is 9.47 Å². The molecule has 0 spiro atoms. The number of hydrogen-bond donors (Lipinski definition) is 0. The molecule has 1 aromatic carbocycles. The van der Waals surface area contributed by atoms with E-state index in [-0.39, 0.29) is 12.2 Å². The quantitative estimate of drug-likeness (QED) is 0.455. The molecular weight excluding hydrogens is 220 g/mol. The van der Waals surface area contributed by atoms with Gasteiger partial charge in [-0.15, -0.1) is 0 Å². The number of para-hydroxylation sites is 1. The third-order valence-electron chi connectivity index (χ3n) is 1.90. The highest BCUT2D eigenvalue weighted by Gasteiger charge is 2.09. The maximum Gasteiger partial charge on any atom is 0.339 e. The maximum absolute atomic E-state index is 11.6. The van der Waals surface area contributed by atoms with Crippen molar-refractivity contribution in [2.24, 2.45) is 0 Å². The van der Waals surface area contributed by atoms with E-state index in [9.17, 15) is 9.59 Å². The van der Waals surface area contributed by atoms with E-state index in [1.165, 1.54) is 6.92 Å². The molecule has 0 aliphatic rings. The lowest BCUT2D eigenvalue weighted by Crippen LogP contribution is -2.11. The van der Waals surface area contributed by atoms with Crippen LogP contribution >= 0.6 is 0 Å². The van der Waals surface area contributed by atoms with E-state index in [4.69, 9.17) is 4.74 Å². The zero-order chi connectivity index (χ0) is 12.7. The highest BCUT2D eigenvalue weighted by molar-refractivity contribution is 5.96. The van der Waals surface area contributed by atoms with Gasteiger partial charge in [0.05, 0.1) is 6.61 Å². The van der Waals surface area contributed by atoms with Crippen LogP contribution in [-0.4, -0.2) is 18.5 Å². The van der Waals surface area contributed by atoms with Crippen molar-refractivity contribution in [3.63, 3.8) is 0 Å². The zero-order valence-electron chi connectivity index (χ0n) is 9.80. The number of hydrogen-bond acceptors (Lipinski definition) is 4. The lowest BCUT2D eigenvalue weighted by Gasteiger charge is -2.03. The van der Waals surface area contributed by atoms with E-state index >= 15 is 0 Å². The number of benzene rings is 1. The molecule has 0 unspecified atom stereocenters. The number of ether oxygens (including phenoxy) is 2. The minimum absolute atomic E-state index is 0.201. The van der Waals surface area contributed by atoms with Crippen LogP contribution in [0.15, 0.2) is 42.0 Å². The Bertz CT molecular complexity index is 420. The van der Waals surface area contributed by atoms with Crippen molar-refractivity contribution in [1.29, 1.82) is 0 Å². The molecule has 0 aromatic heterocycles. The zero-order valence-corrected chi connectivity index (χ0v) is 9.80. The summed E-state index contributed by atoms with van der Waals surface area (Å²) in [6.07, 6.45) is 1.12. The summed E-state index contributed by atoms with van der Waals surface area (Å²) in [4.78, 5) is 22.7. The average Bonchev–Trinajstić information content (AvgIpc) is 2.30. The molecule has 0 radical (unpaired) electrons. The minimum atomic E-state index is -0.566. The highest BCUT2D eigenvalue weighted by atomic mass is 16.5. The molecule has 1 rings (SSSR count). The van der Waals surface area contributed by atoms with Crippen molar-refractivity contribution < 1.29 is 19.1 Å². The van der Waals surface area contributed by atoms with Crippen LogP contribution in [0.5, 0.6) is 5.75 Å². The first-order chi connectivity index (χ1) is 8.13. The van der Waals surface area contributed by atoms with Crippen LogP contribution in [0.25, 0.3) is 0 Å². The van der Waals surface area contributed by atoms with Gasteiger partial charge in [-0.1, -0.05) is 18.2 Å². The van der Waals surface area contributed by atoms with E-state index in [2.05, 4.69) is 4.74 Å². The van der Waals surface area contributed by atoms with Crippen molar-refractivity contribution in [1.82, 2.24) is 0 Å². The van der Waals surface area contributed by atoms with Crippen LogP contribution in [0.1, 0.15) is 13.8 Å². The van der Waals surface area contributed by atoms with E-state index in [0.29, 0.717) is 5.75 Å². The maximum atomic E-state index is 11.6. The molecule has 1 aromatic rings. The number of esters is 2. The van der Waals surface area contributed by atoms with Crippen molar-refractivity contribution in [3.05, 3.63) is 42.0 Å². The summed E-state index contributed by atoms with van der Waals surface area (Å²) in [5.74, 6) is -0.673. The number of rotatable bonds is 4. The topological polar surface area (TPSA) is 52.6 Å². The summed E-state index contributed by atoms with van der Waals surface area (Å²) < 4.78 is 9.73. The molecule has 0 saturated carbocycles.